The Morgan fingerprint density at radius 2 is 1.19 bits per heavy atom. The monoisotopic (exact) mass is 890 g/mol. The van der Waals surface area contributed by atoms with Crippen LogP contribution >= 0.6 is 0 Å². The number of anilines is 5. The highest BCUT2D eigenvalue weighted by atomic mass is 16.3. The Hall–Kier alpha value is -7.56. The minimum Gasteiger partial charge on any atom is -0.455 e. The standard InChI is InChI=1S/C65H55BN2O/c1-5-7-19-42-29-33-47(34-30-42)68-57-40-46(44-21-11-9-12-22-44)32-35-50(57)61-62-58(41-52-48-25-16-18-28-59(48)69-64(52)61)67(56-38-31-43(20-8-6-2)39-51(56)45-23-13-10-14-24-45)63-55(66(62)68)37-36-54-60(63)49-26-15-17-27-53(49)65(54,3)4/h9-18,21-41H,5-8,19-20H2,1-4H3. The Bertz CT molecular complexity index is 3630. The first kappa shape index (κ1) is 41.6. The highest BCUT2D eigenvalue weighted by Gasteiger charge is 2.50. The Morgan fingerprint density at radius 1 is 0.493 bits per heavy atom. The van der Waals surface area contributed by atoms with Crippen molar-refractivity contribution in [3.05, 3.63) is 210 Å². The average molecular weight is 891 g/mol. The van der Waals surface area contributed by atoms with Crippen LogP contribution in [-0.2, 0) is 18.3 Å². The summed E-state index contributed by atoms with van der Waals surface area (Å²) in [5, 5.41) is 2.26. The van der Waals surface area contributed by atoms with Gasteiger partial charge >= 0.3 is 6.85 Å². The molecule has 13 rings (SSSR count). The zero-order valence-corrected chi connectivity index (χ0v) is 40.0. The van der Waals surface area contributed by atoms with Crippen molar-refractivity contribution >= 4 is 68.1 Å². The van der Waals surface area contributed by atoms with Crippen molar-refractivity contribution < 1.29 is 4.42 Å². The molecule has 3 aliphatic rings. The number of aryl methyl sites for hydroxylation is 2. The number of fused-ring (bicyclic) bond motifs is 12. The molecule has 0 radical (unpaired) electrons. The van der Waals surface area contributed by atoms with Gasteiger partial charge in [0, 0.05) is 55.5 Å². The zero-order valence-electron chi connectivity index (χ0n) is 40.0. The zero-order chi connectivity index (χ0) is 46.4. The molecule has 0 bridgehead atoms. The summed E-state index contributed by atoms with van der Waals surface area (Å²) in [6.45, 7) is 9.20. The van der Waals surface area contributed by atoms with Crippen LogP contribution in [0, 0.1) is 0 Å². The van der Waals surface area contributed by atoms with E-state index in [9.17, 15) is 0 Å². The lowest BCUT2D eigenvalue weighted by Gasteiger charge is -2.47. The first-order valence-electron chi connectivity index (χ1n) is 25.2. The molecule has 0 unspecified atom stereocenters. The van der Waals surface area contributed by atoms with E-state index in [4.69, 9.17) is 4.42 Å². The summed E-state index contributed by atoms with van der Waals surface area (Å²) in [6, 6.07) is 71.1. The van der Waals surface area contributed by atoms with Crippen molar-refractivity contribution in [2.24, 2.45) is 0 Å². The van der Waals surface area contributed by atoms with Gasteiger partial charge in [-0.25, -0.2) is 0 Å². The lowest BCUT2D eigenvalue weighted by atomic mass is 9.43. The minimum absolute atomic E-state index is 0.191. The Balaban J connectivity index is 1.20. The van der Waals surface area contributed by atoms with Gasteiger partial charge in [0.1, 0.15) is 11.2 Å². The van der Waals surface area contributed by atoms with E-state index in [-0.39, 0.29) is 12.3 Å². The lowest BCUT2D eigenvalue weighted by Crippen LogP contribution is -2.61. The summed E-state index contributed by atoms with van der Waals surface area (Å²) < 4.78 is 7.17. The lowest BCUT2D eigenvalue weighted by molar-refractivity contribution is 0.660. The number of unbranched alkanes of at least 4 members (excludes halogenated alkanes) is 2. The topological polar surface area (TPSA) is 19.6 Å². The maximum atomic E-state index is 7.17. The van der Waals surface area contributed by atoms with Gasteiger partial charge in [-0.2, -0.15) is 0 Å². The highest BCUT2D eigenvalue weighted by Crippen LogP contribution is 2.58. The second-order valence-electron chi connectivity index (χ2n) is 20.1. The normalized spacial score (nSPS) is 13.9. The Morgan fingerprint density at radius 3 is 1.97 bits per heavy atom. The fourth-order valence-electron chi connectivity index (χ4n) is 12.2. The molecule has 334 valence electrons. The number of nitrogens with zero attached hydrogens (tertiary/aromatic N) is 2. The quantitative estimate of drug-likeness (QED) is 0.128. The van der Waals surface area contributed by atoms with Gasteiger partial charge in [0.25, 0.3) is 0 Å². The maximum Gasteiger partial charge on any atom is 0.333 e. The van der Waals surface area contributed by atoms with Crippen molar-refractivity contribution in [3.63, 3.8) is 0 Å². The Kier molecular flexibility index (Phi) is 9.84. The molecule has 0 saturated heterocycles. The SMILES string of the molecule is CCCCc1ccc(N2B3c4ccc5c(c4N(c4ccc(CCCC)cc4-c4ccccc4)c4cc6c(oc7ccccc76)c(c43)-c3ccc(-c4ccccc4)cc32)-c2ccccc2C5(C)C)cc1. The van der Waals surface area contributed by atoms with Gasteiger partial charge in [-0.1, -0.05) is 186 Å². The van der Waals surface area contributed by atoms with Gasteiger partial charge in [-0.05, 0) is 124 Å². The van der Waals surface area contributed by atoms with Crippen LogP contribution in [0.2, 0.25) is 0 Å². The van der Waals surface area contributed by atoms with Crippen molar-refractivity contribution in [1.29, 1.82) is 0 Å². The number of hydrogen-bond acceptors (Lipinski definition) is 3. The number of benzene rings is 9. The third-order valence-electron chi connectivity index (χ3n) is 15.6. The Labute approximate surface area is 406 Å². The van der Waals surface area contributed by atoms with E-state index in [1.807, 2.05) is 0 Å². The first-order chi connectivity index (χ1) is 33.9. The van der Waals surface area contributed by atoms with Gasteiger partial charge in [0.2, 0.25) is 0 Å². The van der Waals surface area contributed by atoms with Crippen molar-refractivity contribution in [3.8, 4) is 44.5 Å². The summed E-state index contributed by atoms with van der Waals surface area (Å²) in [4.78, 5) is 5.36. The summed E-state index contributed by atoms with van der Waals surface area (Å²) in [5.74, 6) is 0. The van der Waals surface area contributed by atoms with Crippen LogP contribution in [-0.4, -0.2) is 6.85 Å². The van der Waals surface area contributed by atoms with Crippen LogP contribution in [0.5, 0.6) is 0 Å². The maximum absolute atomic E-state index is 7.17. The van der Waals surface area contributed by atoms with Gasteiger partial charge < -0.3 is 14.1 Å². The number of para-hydroxylation sites is 1. The number of furan rings is 1. The second-order valence-corrected chi connectivity index (χ2v) is 20.1. The van der Waals surface area contributed by atoms with E-state index in [1.165, 1.54) is 119 Å². The van der Waals surface area contributed by atoms with E-state index in [0.29, 0.717) is 0 Å². The molecular formula is C65H55BN2O. The summed E-state index contributed by atoms with van der Waals surface area (Å²) in [7, 11) is 0. The molecule has 0 atom stereocenters. The molecule has 69 heavy (non-hydrogen) atoms. The van der Waals surface area contributed by atoms with Gasteiger partial charge in [0.05, 0.1) is 11.4 Å². The second kappa shape index (κ2) is 16.3. The van der Waals surface area contributed by atoms with E-state index in [1.54, 1.807) is 0 Å². The molecule has 3 nitrogen and oxygen atoms in total. The molecule has 1 aliphatic carbocycles. The average Bonchev–Trinajstić information content (AvgIpc) is 3.89. The van der Waals surface area contributed by atoms with E-state index in [0.717, 1.165) is 47.6 Å². The van der Waals surface area contributed by atoms with Crippen molar-refractivity contribution in [2.45, 2.75) is 71.6 Å². The molecule has 9 aromatic carbocycles. The van der Waals surface area contributed by atoms with Gasteiger partial charge in [-0.15, -0.1) is 0 Å². The summed E-state index contributed by atoms with van der Waals surface area (Å²) in [6.07, 6.45) is 6.78. The highest BCUT2D eigenvalue weighted by molar-refractivity contribution is 6.94. The van der Waals surface area contributed by atoms with Gasteiger partial charge in [0.15, 0.2) is 0 Å². The van der Waals surface area contributed by atoms with Crippen LogP contribution in [0.1, 0.15) is 75.6 Å². The molecule has 0 amide bonds. The van der Waals surface area contributed by atoms with Crippen molar-refractivity contribution in [1.82, 2.24) is 0 Å². The van der Waals surface area contributed by atoms with Crippen molar-refractivity contribution in [2.75, 3.05) is 9.71 Å². The third-order valence-corrected chi connectivity index (χ3v) is 15.6. The number of hydrogen-bond donors (Lipinski definition) is 0. The summed E-state index contributed by atoms with van der Waals surface area (Å²) in [5.41, 5.74) is 25.5. The smallest absolute Gasteiger partial charge is 0.333 e. The third kappa shape index (κ3) is 6.41. The predicted octanol–water partition coefficient (Wildman–Crippen LogP) is 16.6. The molecule has 0 fully saturated rings. The van der Waals surface area contributed by atoms with Gasteiger partial charge in [-0.3, -0.25) is 0 Å². The fraction of sp³-hybridized carbons (Fsp3) is 0.169. The molecule has 0 spiro atoms. The fourth-order valence-corrected chi connectivity index (χ4v) is 12.2. The molecule has 3 heterocycles. The van der Waals surface area contributed by atoms with Crippen LogP contribution in [0.25, 0.3) is 66.4 Å². The number of rotatable bonds is 10. The molecular weight excluding hydrogens is 836 g/mol. The van der Waals surface area contributed by atoms with Crippen LogP contribution in [0.15, 0.2) is 192 Å². The molecule has 10 aromatic rings. The first-order valence-corrected chi connectivity index (χ1v) is 25.2. The molecule has 1 aromatic heterocycles. The molecule has 0 saturated carbocycles. The van der Waals surface area contributed by atoms with Crippen LogP contribution in [0.4, 0.5) is 28.4 Å². The molecule has 2 aliphatic heterocycles. The van der Waals surface area contributed by atoms with Crippen LogP contribution < -0.4 is 20.6 Å². The van der Waals surface area contributed by atoms with E-state index >= 15 is 0 Å². The summed E-state index contributed by atoms with van der Waals surface area (Å²) >= 11 is 0. The van der Waals surface area contributed by atoms with Crippen LogP contribution in [0.3, 0.4) is 0 Å². The van der Waals surface area contributed by atoms with E-state index in [2.05, 4.69) is 225 Å². The van der Waals surface area contributed by atoms with E-state index < -0.39 is 0 Å². The largest absolute Gasteiger partial charge is 0.455 e. The molecule has 4 heteroatoms. The molecule has 0 N–H and O–H groups in total. The minimum atomic E-state index is -0.202. The predicted molar refractivity (Wildman–Crippen MR) is 293 cm³/mol.